The third kappa shape index (κ3) is 4.16. The normalized spacial score (nSPS) is 11.2. The SMILES string of the molecule is Cc1ccc(NNC(=O)c2scc(S(=O)(=O)c3ccc(Cl)cc3)c2C)cc1. The lowest BCUT2D eigenvalue weighted by atomic mass is 10.2. The first-order chi connectivity index (χ1) is 12.8. The first-order valence-corrected chi connectivity index (χ1v) is 10.7. The second kappa shape index (κ2) is 7.72. The van der Waals surface area contributed by atoms with Crippen LogP contribution in [0.3, 0.4) is 0 Å². The number of carbonyl (C=O) groups excluding carboxylic acids is 1. The molecule has 0 aliphatic rings. The summed E-state index contributed by atoms with van der Waals surface area (Å²) in [6, 6.07) is 13.5. The summed E-state index contributed by atoms with van der Waals surface area (Å²) in [5.41, 5.74) is 7.68. The van der Waals surface area contributed by atoms with Crippen molar-refractivity contribution in [2.24, 2.45) is 0 Å². The van der Waals surface area contributed by atoms with Crippen molar-refractivity contribution in [3.8, 4) is 0 Å². The predicted molar refractivity (Wildman–Crippen MR) is 108 cm³/mol. The van der Waals surface area contributed by atoms with E-state index in [1.165, 1.54) is 29.6 Å². The summed E-state index contributed by atoms with van der Waals surface area (Å²) in [5, 5.41) is 1.94. The van der Waals surface area contributed by atoms with Crippen LogP contribution in [0.1, 0.15) is 20.8 Å². The summed E-state index contributed by atoms with van der Waals surface area (Å²) in [5.74, 6) is -0.393. The minimum atomic E-state index is -3.72. The lowest BCUT2D eigenvalue weighted by molar-refractivity contribution is 0.0966. The first kappa shape index (κ1) is 19.4. The van der Waals surface area contributed by atoms with Crippen molar-refractivity contribution in [1.82, 2.24) is 5.43 Å². The van der Waals surface area contributed by atoms with Crippen LogP contribution in [0.5, 0.6) is 0 Å². The maximum Gasteiger partial charge on any atom is 0.279 e. The topological polar surface area (TPSA) is 75.3 Å². The Morgan fingerprint density at radius 1 is 1.00 bits per heavy atom. The van der Waals surface area contributed by atoms with Crippen molar-refractivity contribution in [3.05, 3.63) is 74.9 Å². The Bertz CT molecular complexity index is 1070. The van der Waals surface area contributed by atoms with Crippen molar-refractivity contribution in [2.75, 3.05) is 5.43 Å². The van der Waals surface area contributed by atoms with Crippen LogP contribution < -0.4 is 10.9 Å². The Balaban J connectivity index is 1.80. The molecule has 0 unspecified atom stereocenters. The van der Waals surface area contributed by atoms with Crippen LogP contribution in [0.25, 0.3) is 0 Å². The highest BCUT2D eigenvalue weighted by Gasteiger charge is 2.25. The molecule has 0 spiro atoms. The lowest BCUT2D eigenvalue weighted by Gasteiger charge is -2.09. The van der Waals surface area contributed by atoms with Crippen LogP contribution in [0.15, 0.2) is 63.7 Å². The number of rotatable bonds is 5. The molecular formula is C19H17ClN2O3S2. The number of hydrazine groups is 1. The Morgan fingerprint density at radius 3 is 2.26 bits per heavy atom. The number of sulfone groups is 1. The smallest absolute Gasteiger partial charge is 0.279 e. The van der Waals surface area contributed by atoms with Gasteiger partial charge in [0.15, 0.2) is 0 Å². The molecule has 5 nitrogen and oxygen atoms in total. The van der Waals surface area contributed by atoms with Crippen molar-refractivity contribution in [3.63, 3.8) is 0 Å². The standard InChI is InChI=1S/C19H17ClN2O3S2/c1-12-3-7-15(8-4-12)21-22-19(23)18-13(2)17(11-26-18)27(24,25)16-9-5-14(20)6-10-16/h3-11,21H,1-2H3,(H,22,23). The van der Waals surface area contributed by atoms with Crippen molar-refractivity contribution < 1.29 is 13.2 Å². The summed E-state index contributed by atoms with van der Waals surface area (Å²) >= 11 is 6.92. The van der Waals surface area contributed by atoms with E-state index < -0.39 is 15.7 Å². The van der Waals surface area contributed by atoms with E-state index in [0.717, 1.165) is 22.6 Å². The summed E-state index contributed by atoms with van der Waals surface area (Å²) in [4.78, 5) is 13.0. The Kier molecular flexibility index (Phi) is 5.55. The molecule has 8 heteroatoms. The van der Waals surface area contributed by atoms with Gasteiger partial charge < -0.3 is 0 Å². The Hall–Kier alpha value is -2.35. The maximum atomic E-state index is 12.8. The number of thiophene rings is 1. The van der Waals surface area contributed by atoms with Gasteiger partial charge in [-0.3, -0.25) is 15.6 Å². The molecule has 3 rings (SSSR count). The van der Waals surface area contributed by atoms with Gasteiger partial charge in [0.2, 0.25) is 9.84 Å². The third-order valence-electron chi connectivity index (χ3n) is 3.99. The van der Waals surface area contributed by atoms with Gasteiger partial charge in [0.1, 0.15) is 0 Å². The lowest BCUT2D eigenvalue weighted by Crippen LogP contribution is -2.29. The van der Waals surface area contributed by atoms with Gasteiger partial charge in [-0.2, -0.15) is 0 Å². The van der Waals surface area contributed by atoms with Gasteiger partial charge in [-0.05, 0) is 55.8 Å². The fourth-order valence-electron chi connectivity index (χ4n) is 2.45. The van der Waals surface area contributed by atoms with E-state index in [9.17, 15) is 13.2 Å². The Labute approximate surface area is 166 Å². The first-order valence-electron chi connectivity index (χ1n) is 8.01. The van der Waals surface area contributed by atoms with Gasteiger partial charge in [-0.15, -0.1) is 11.3 Å². The highest BCUT2D eigenvalue weighted by atomic mass is 35.5. The molecule has 0 atom stereocenters. The van der Waals surface area contributed by atoms with Gasteiger partial charge >= 0.3 is 0 Å². The highest BCUT2D eigenvalue weighted by Crippen LogP contribution is 2.31. The molecule has 0 radical (unpaired) electrons. The van der Waals surface area contributed by atoms with E-state index in [2.05, 4.69) is 10.9 Å². The fourth-order valence-corrected chi connectivity index (χ4v) is 5.39. The molecule has 3 aromatic rings. The Morgan fingerprint density at radius 2 is 1.63 bits per heavy atom. The van der Waals surface area contributed by atoms with E-state index in [1.54, 1.807) is 6.92 Å². The summed E-state index contributed by atoms with van der Waals surface area (Å²) in [6.45, 7) is 3.60. The number of anilines is 1. The van der Waals surface area contributed by atoms with Crippen LogP contribution in [0.4, 0.5) is 5.69 Å². The van der Waals surface area contributed by atoms with Crippen LogP contribution in [0, 0.1) is 13.8 Å². The number of amides is 1. The molecule has 0 saturated carbocycles. The van der Waals surface area contributed by atoms with Crippen LogP contribution in [-0.2, 0) is 9.84 Å². The zero-order valence-electron chi connectivity index (χ0n) is 14.6. The third-order valence-corrected chi connectivity index (χ3v) is 7.36. The van der Waals surface area contributed by atoms with Crippen LogP contribution in [0.2, 0.25) is 5.02 Å². The summed E-state index contributed by atoms with van der Waals surface area (Å²) in [6.07, 6.45) is 0. The zero-order valence-corrected chi connectivity index (χ0v) is 17.0. The second-order valence-corrected chi connectivity index (χ2v) is 9.19. The molecule has 140 valence electrons. The molecule has 0 aliphatic carbocycles. The number of nitrogens with one attached hydrogen (secondary N) is 2. The molecule has 1 heterocycles. The number of hydrogen-bond acceptors (Lipinski definition) is 5. The quantitative estimate of drug-likeness (QED) is 0.591. The van der Waals surface area contributed by atoms with Crippen molar-refractivity contribution in [1.29, 1.82) is 0 Å². The predicted octanol–water partition coefficient (Wildman–Crippen LogP) is 4.61. The number of halogens is 1. The van der Waals surface area contributed by atoms with E-state index in [0.29, 0.717) is 15.5 Å². The average molecular weight is 421 g/mol. The molecular weight excluding hydrogens is 404 g/mol. The molecule has 0 saturated heterocycles. The molecule has 1 aromatic heterocycles. The molecule has 0 bridgehead atoms. The molecule has 2 N–H and O–H groups in total. The number of benzene rings is 2. The van der Waals surface area contributed by atoms with Crippen molar-refractivity contribution >= 4 is 44.4 Å². The van der Waals surface area contributed by atoms with E-state index in [4.69, 9.17) is 11.6 Å². The molecule has 27 heavy (non-hydrogen) atoms. The van der Waals surface area contributed by atoms with Crippen molar-refractivity contribution in [2.45, 2.75) is 23.6 Å². The van der Waals surface area contributed by atoms with E-state index in [1.807, 2.05) is 31.2 Å². The number of aryl methyl sites for hydroxylation is 1. The molecule has 1 amide bonds. The second-order valence-electron chi connectivity index (χ2n) is 5.96. The summed E-state index contributed by atoms with van der Waals surface area (Å²) < 4.78 is 25.7. The van der Waals surface area contributed by atoms with Crippen LogP contribution >= 0.6 is 22.9 Å². The maximum absolute atomic E-state index is 12.8. The zero-order chi connectivity index (χ0) is 19.6. The van der Waals surface area contributed by atoms with Gasteiger partial charge in [0.25, 0.3) is 5.91 Å². The fraction of sp³-hybridized carbons (Fsp3) is 0.105. The molecule has 0 fully saturated rings. The van der Waals surface area contributed by atoms with Crippen LogP contribution in [-0.4, -0.2) is 14.3 Å². The largest absolute Gasteiger partial charge is 0.298 e. The van der Waals surface area contributed by atoms with E-state index in [-0.39, 0.29) is 9.79 Å². The number of hydrogen-bond donors (Lipinski definition) is 2. The molecule has 0 aliphatic heterocycles. The number of carbonyl (C=O) groups is 1. The average Bonchev–Trinajstić information content (AvgIpc) is 3.03. The monoisotopic (exact) mass is 420 g/mol. The minimum absolute atomic E-state index is 0.121. The highest BCUT2D eigenvalue weighted by molar-refractivity contribution is 7.91. The van der Waals surface area contributed by atoms with Gasteiger partial charge in [-0.1, -0.05) is 29.3 Å². The summed E-state index contributed by atoms with van der Waals surface area (Å²) in [7, 11) is -3.72. The van der Waals surface area contributed by atoms with Gasteiger partial charge in [0.05, 0.1) is 20.4 Å². The van der Waals surface area contributed by atoms with Gasteiger partial charge in [-0.25, -0.2) is 8.42 Å². The van der Waals surface area contributed by atoms with E-state index >= 15 is 0 Å². The van der Waals surface area contributed by atoms with Gasteiger partial charge in [0, 0.05) is 10.4 Å². The minimum Gasteiger partial charge on any atom is -0.298 e. The molecule has 2 aromatic carbocycles.